The third kappa shape index (κ3) is 2.12. The number of pyridine rings is 1. The van der Waals surface area contributed by atoms with Crippen molar-refractivity contribution in [3.05, 3.63) is 59.0 Å². The number of nitrogens with one attached hydrogen (secondary N) is 1. The van der Waals surface area contributed by atoms with E-state index >= 15 is 0 Å². The fourth-order valence-corrected chi connectivity index (χ4v) is 2.36. The molecule has 3 rings (SSSR count). The molecule has 0 saturated heterocycles. The Bertz CT molecular complexity index is 813. The van der Waals surface area contributed by atoms with Crippen LogP contribution in [0, 0.1) is 4.77 Å². The number of aromatic amines is 1. The first-order valence-electron chi connectivity index (χ1n) is 5.84. The maximum Gasteiger partial charge on any atom is 0.416 e. The Morgan fingerprint density at radius 3 is 2.35 bits per heavy atom. The fraction of sp³-hybridized carbons (Fsp3) is 0.0714. The molecule has 0 bridgehead atoms. The van der Waals surface area contributed by atoms with Crippen molar-refractivity contribution in [1.29, 1.82) is 0 Å². The van der Waals surface area contributed by atoms with Gasteiger partial charge in [-0.3, -0.25) is 4.40 Å². The fourth-order valence-electron chi connectivity index (χ4n) is 2.10. The molecule has 0 fully saturated rings. The second-order valence-corrected chi connectivity index (χ2v) is 4.72. The molecule has 3 aromatic rings. The summed E-state index contributed by atoms with van der Waals surface area (Å²) in [6.07, 6.45) is -2.52. The minimum Gasteiger partial charge on any atom is -0.330 e. The summed E-state index contributed by atoms with van der Waals surface area (Å²) in [6, 6.07) is 10.6. The molecule has 0 aliphatic heterocycles. The van der Waals surface area contributed by atoms with Crippen molar-refractivity contribution in [2.45, 2.75) is 6.18 Å². The highest BCUT2D eigenvalue weighted by Gasteiger charge is 2.30. The molecule has 0 radical (unpaired) electrons. The molecule has 2 nitrogen and oxygen atoms in total. The van der Waals surface area contributed by atoms with Crippen molar-refractivity contribution in [3.63, 3.8) is 0 Å². The van der Waals surface area contributed by atoms with E-state index in [-0.39, 0.29) is 0 Å². The van der Waals surface area contributed by atoms with Crippen LogP contribution in [0.2, 0.25) is 0 Å². The predicted octanol–water partition coefficient (Wildman–Crippen LogP) is 4.68. The van der Waals surface area contributed by atoms with Gasteiger partial charge in [0.05, 0.1) is 16.8 Å². The van der Waals surface area contributed by atoms with E-state index in [1.54, 1.807) is 4.40 Å². The summed E-state index contributed by atoms with van der Waals surface area (Å²) in [5, 5.41) is 0. The Hall–Kier alpha value is -2.08. The smallest absolute Gasteiger partial charge is 0.330 e. The maximum absolute atomic E-state index is 12.6. The number of hydrogen-bond donors (Lipinski definition) is 1. The van der Waals surface area contributed by atoms with Crippen LogP contribution < -0.4 is 0 Å². The van der Waals surface area contributed by atoms with Gasteiger partial charge in [0.2, 0.25) is 0 Å². The van der Waals surface area contributed by atoms with Gasteiger partial charge in [0.15, 0.2) is 4.77 Å². The average Bonchev–Trinajstić information content (AvgIpc) is 2.76. The summed E-state index contributed by atoms with van der Waals surface area (Å²) in [5.41, 5.74) is 1.54. The standard InChI is InChI=1S/C14H9F3N2S/c15-14(16,17)10-6-4-9(5-7-10)12-11-3-1-2-8-19(11)13(20)18-12/h1-8H,(H,18,20). The number of alkyl halides is 3. The first-order valence-corrected chi connectivity index (χ1v) is 6.24. The number of hydrogen-bond acceptors (Lipinski definition) is 1. The second-order valence-electron chi connectivity index (χ2n) is 4.34. The first kappa shape index (κ1) is 12.9. The molecule has 6 heteroatoms. The van der Waals surface area contributed by atoms with E-state index in [2.05, 4.69) is 4.98 Å². The van der Waals surface area contributed by atoms with E-state index in [4.69, 9.17) is 12.2 Å². The van der Waals surface area contributed by atoms with Crippen LogP contribution in [0.3, 0.4) is 0 Å². The maximum atomic E-state index is 12.6. The average molecular weight is 294 g/mol. The Kier molecular flexibility index (Phi) is 2.90. The normalized spacial score (nSPS) is 11.9. The Morgan fingerprint density at radius 2 is 1.70 bits per heavy atom. The minimum atomic E-state index is -4.33. The Labute approximate surface area is 117 Å². The molecule has 0 aliphatic carbocycles. The van der Waals surface area contributed by atoms with Crippen LogP contribution in [0.5, 0.6) is 0 Å². The van der Waals surface area contributed by atoms with Gasteiger partial charge in [0, 0.05) is 11.8 Å². The van der Waals surface area contributed by atoms with E-state index in [0.717, 1.165) is 17.6 Å². The zero-order chi connectivity index (χ0) is 14.3. The molecule has 0 amide bonds. The number of nitrogens with zero attached hydrogens (tertiary/aromatic N) is 1. The monoisotopic (exact) mass is 294 g/mol. The van der Waals surface area contributed by atoms with Gasteiger partial charge in [0.25, 0.3) is 0 Å². The van der Waals surface area contributed by atoms with Gasteiger partial charge in [-0.25, -0.2) is 0 Å². The summed E-state index contributed by atoms with van der Waals surface area (Å²) in [6.45, 7) is 0. The number of fused-ring (bicyclic) bond motifs is 1. The Morgan fingerprint density at radius 1 is 1.00 bits per heavy atom. The van der Waals surface area contributed by atoms with Crippen LogP contribution in [0.15, 0.2) is 48.7 Å². The lowest BCUT2D eigenvalue weighted by Gasteiger charge is -2.07. The lowest BCUT2D eigenvalue weighted by molar-refractivity contribution is -0.137. The molecule has 1 N–H and O–H groups in total. The molecule has 0 atom stereocenters. The molecule has 0 aliphatic rings. The number of H-pyrrole nitrogens is 1. The molecular weight excluding hydrogens is 285 g/mol. The highest BCUT2D eigenvalue weighted by molar-refractivity contribution is 7.71. The van der Waals surface area contributed by atoms with Crippen LogP contribution in [0.1, 0.15) is 5.56 Å². The molecular formula is C14H9F3N2S. The molecule has 20 heavy (non-hydrogen) atoms. The van der Waals surface area contributed by atoms with E-state index < -0.39 is 11.7 Å². The number of benzene rings is 1. The third-order valence-electron chi connectivity index (χ3n) is 3.07. The number of aromatic nitrogens is 2. The minimum absolute atomic E-state index is 0.510. The first-order chi connectivity index (χ1) is 9.47. The van der Waals surface area contributed by atoms with E-state index in [1.807, 2.05) is 24.4 Å². The van der Waals surface area contributed by atoms with E-state index in [9.17, 15) is 13.2 Å². The largest absolute Gasteiger partial charge is 0.416 e. The molecule has 0 saturated carbocycles. The molecule has 2 aromatic heterocycles. The quantitative estimate of drug-likeness (QED) is 0.646. The topological polar surface area (TPSA) is 20.2 Å². The van der Waals surface area contributed by atoms with Crippen LogP contribution in [0.4, 0.5) is 13.2 Å². The number of rotatable bonds is 1. The summed E-state index contributed by atoms with van der Waals surface area (Å²) >= 11 is 5.19. The van der Waals surface area contributed by atoms with Crippen molar-refractivity contribution in [2.24, 2.45) is 0 Å². The zero-order valence-electron chi connectivity index (χ0n) is 10.1. The molecule has 0 spiro atoms. The SMILES string of the molecule is FC(F)(F)c1ccc(-c2[nH]c(=S)n3ccccc23)cc1. The van der Waals surface area contributed by atoms with Crippen molar-refractivity contribution in [2.75, 3.05) is 0 Å². The second kappa shape index (κ2) is 4.49. The van der Waals surface area contributed by atoms with Gasteiger partial charge in [-0.15, -0.1) is 0 Å². The lowest BCUT2D eigenvalue weighted by atomic mass is 10.1. The van der Waals surface area contributed by atoms with Crippen LogP contribution in [-0.4, -0.2) is 9.38 Å². The van der Waals surface area contributed by atoms with E-state index in [1.165, 1.54) is 12.1 Å². The van der Waals surface area contributed by atoms with Gasteiger partial charge in [-0.1, -0.05) is 18.2 Å². The number of halogens is 3. The summed E-state index contributed by atoms with van der Waals surface area (Å²) in [5.74, 6) is 0. The zero-order valence-corrected chi connectivity index (χ0v) is 10.9. The van der Waals surface area contributed by atoms with Crippen molar-refractivity contribution in [3.8, 4) is 11.3 Å². The molecule has 2 heterocycles. The van der Waals surface area contributed by atoms with Crippen LogP contribution in [0.25, 0.3) is 16.8 Å². The van der Waals surface area contributed by atoms with Crippen molar-refractivity contribution in [1.82, 2.24) is 9.38 Å². The molecule has 102 valence electrons. The summed E-state index contributed by atoms with van der Waals surface area (Å²) in [4.78, 5) is 3.02. The summed E-state index contributed by atoms with van der Waals surface area (Å²) < 4.78 is 39.9. The van der Waals surface area contributed by atoms with Crippen LogP contribution >= 0.6 is 12.2 Å². The van der Waals surface area contributed by atoms with Gasteiger partial charge in [-0.05, 0) is 36.5 Å². The highest BCUT2D eigenvalue weighted by Crippen LogP contribution is 2.31. The van der Waals surface area contributed by atoms with Crippen LogP contribution in [-0.2, 0) is 6.18 Å². The van der Waals surface area contributed by atoms with Gasteiger partial charge in [0.1, 0.15) is 0 Å². The van der Waals surface area contributed by atoms with E-state index in [0.29, 0.717) is 16.0 Å². The van der Waals surface area contributed by atoms with Gasteiger partial charge < -0.3 is 4.98 Å². The summed E-state index contributed by atoms with van der Waals surface area (Å²) in [7, 11) is 0. The number of imidazole rings is 1. The molecule has 1 aromatic carbocycles. The van der Waals surface area contributed by atoms with Gasteiger partial charge in [-0.2, -0.15) is 13.2 Å². The Balaban J connectivity index is 2.15. The van der Waals surface area contributed by atoms with Crippen molar-refractivity contribution < 1.29 is 13.2 Å². The lowest BCUT2D eigenvalue weighted by Crippen LogP contribution is -2.04. The van der Waals surface area contributed by atoms with Crippen molar-refractivity contribution >= 4 is 17.7 Å². The molecule has 0 unspecified atom stereocenters. The van der Waals surface area contributed by atoms with Gasteiger partial charge >= 0.3 is 6.18 Å². The third-order valence-corrected chi connectivity index (χ3v) is 3.37. The predicted molar refractivity (Wildman–Crippen MR) is 73.0 cm³/mol. The highest BCUT2D eigenvalue weighted by atomic mass is 32.1.